The maximum atomic E-state index is 13.2. The highest BCUT2D eigenvalue weighted by molar-refractivity contribution is 6.30. The van der Waals surface area contributed by atoms with Gasteiger partial charge in [0, 0.05) is 29.5 Å². The summed E-state index contributed by atoms with van der Waals surface area (Å²) in [5.74, 6) is -0.955. The molecule has 152 valence electrons. The van der Waals surface area contributed by atoms with E-state index in [4.69, 9.17) is 27.9 Å². The van der Waals surface area contributed by atoms with Crippen molar-refractivity contribution in [3.63, 3.8) is 0 Å². The van der Waals surface area contributed by atoms with E-state index >= 15 is 0 Å². The second-order valence-corrected chi connectivity index (χ2v) is 8.38. The molecule has 2 heterocycles. The van der Waals surface area contributed by atoms with E-state index in [2.05, 4.69) is 4.98 Å². The third-order valence-corrected chi connectivity index (χ3v) is 5.73. The molecule has 2 aromatic rings. The van der Waals surface area contributed by atoms with Gasteiger partial charge >= 0.3 is 5.97 Å². The topological polar surface area (TPSA) is 79.7 Å². The number of pyridine rings is 1. The summed E-state index contributed by atoms with van der Waals surface area (Å²) in [7, 11) is 0. The Kier molecular flexibility index (Phi) is 5.76. The second kappa shape index (κ2) is 8.30. The molecule has 1 amide bonds. The molecule has 4 rings (SSSR count). The highest BCUT2D eigenvalue weighted by Gasteiger charge is 2.46. The Morgan fingerprint density at radius 3 is 2.48 bits per heavy atom. The standard InChI is InChI=1S/C21H20Cl2N2O4/c22-15-5-3-13(4-6-15)19-20(14-7-16(23)10-24-9-14)29-17(8-18(26)27)21(28)25(19)11-12-1-2-12/h3-7,9-10,12,17,19-20H,1-2,8,11H2,(H,26,27)/t17-,19-,20-/m1/s1. The summed E-state index contributed by atoms with van der Waals surface area (Å²) in [6.07, 6.45) is 3.24. The molecule has 0 radical (unpaired) electrons. The second-order valence-electron chi connectivity index (χ2n) is 7.51. The van der Waals surface area contributed by atoms with E-state index in [1.54, 1.807) is 29.3 Å². The van der Waals surface area contributed by atoms with Crippen molar-refractivity contribution in [2.75, 3.05) is 6.54 Å². The number of benzene rings is 1. The van der Waals surface area contributed by atoms with Gasteiger partial charge in [-0.25, -0.2) is 0 Å². The Labute approximate surface area is 178 Å². The van der Waals surface area contributed by atoms with Gasteiger partial charge in [-0.2, -0.15) is 0 Å². The van der Waals surface area contributed by atoms with Crippen molar-refractivity contribution in [1.82, 2.24) is 9.88 Å². The molecule has 2 aliphatic rings. The molecule has 8 heteroatoms. The summed E-state index contributed by atoms with van der Waals surface area (Å²) in [5.41, 5.74) is 1.56. The largest absolute Gasteiger partial charge is 0.481 e. The number of carboxylic acid groups (broad SMARTS) is 1. The number of nitrogens with zero attached hydrogens (tertiary/aromatic N) is 2. The third-order valence-electron chi connectivity index (χ3n) is 5.27. The van der Waals surface area contributed by atoms with E-state index in [9.17, 15) is 14.7 Å². The van der Waals surface area contributed by atoms with Crippen molar-refractivity contribution < 1.29 is 19.4 Å². The van der Waals surface area contributed by atoms with Gasteiger partial charge in [-0.05, 0) is 42.5 Å². The number of hydrogen-bond acceptors (Lipinski definition) is 4. The first kappa shape index (κ1) is 20.1. The number of amides is 1. The van der Waals surface area contributed by atoms with Crippen LogP contribution in [0.1, 0.15) is 42.5 Å². The van der Waals surface area contributed by atoms with Gasteiger partial charge < -0.3 is 14.7 Å². The number of carbonyl (C=O) groups excluding carboxylic acids is 1. The number of hydrogen-bond donors (Lipinski definition) is 1. The van der Waals surface area contributed by atoms with Crippen LogP contribution < -0.4 is 0 Å². The lowest BCUT2D eigenvalue weighted by Gasteiger charge is -2.44. The smallest absolute Gasteiger partial charge is 0.306 e. The summed E-state index contributed by atoms with van der Waals surface area (Å²) in [6, 6.07) is 8.59. The van der Waals surface area contributed by atoms with Gasteiger partial charge in [0.2, 0.25) is 0 Å². The predicted octanol–water partition coefficient (Wildman–Crippen LogP) is 4.28. The maximum absolute atomic E-state index is 13.2. The lowest BCUT2D eigenvalue weighted by atomic mass is 9.91. The molecule has 3 atom stereocenters. The minimum absolute atomic E-state index is 0.300. The van der Waals surface area contributed by atoms with E-state index in [1.165, 1.54) is 6.20 Å². The van der Waals surface area contributed by atoms with Crippen molar-refractivity contribution in [3.8, 4) is 0 Å². The van der Waals surface area contributed by atoms with Gasteiger partial charge in [0.1, 0.15) is 12.2 Å². The molecular formula is C21H20Cl2N2O4. The Bertz CT molecular complexity index is 917. The van der Waals surface area contributed by atoms with Gasteiger partial charge in [0.05, 0.1) is 17.5 Å². The minimum atomic E-state index is -1.08. The zero-order chi connectivity index (χ0) is 20.5. The van der Waals surface area contributed by atoms with Crippen LogP contribution >= 0.6 is 23.2 Å². The Morgan fingerprint density at radius 1 is 1.14 bits per heavy atom. The fraction of sp³-hybridized carbons (Fsp3) is 0.381. The fourth-order valence-corrected chi connectivity index (χ4v) is 4.04. The average Bonchev–Trinajstić information content (AvgIpc) is 3.49. The number of aromatic nitrogens is 1. The van der Waals surface area contributed by atoms with Gasteiger partial charge in [0.25, 0.3) is 5.91 Å². The Balaban J connectivity index is 1.78. The van der Waals surface area contributed by atoms with Crippen molar-refractivity contribution in [2.24, 2.45) is 5.92 Å². The van der Waals surface area contributed by atoms with Crippen LogP contribution in [0.2, 0.25) is 10.0 Å². The Hall–Kier alpha value is -2.15. The normalized spacial score (nSPS) is 24.6. The van der Waals surface area contributed by atoms with Gasteiger partial charge in [-0.3, -0.25) is 14.6 Å². The summed E-state index contributed by atoms with van der Waals surface area (Å²) in [4.78, 5) is 30.4. The van der Waals surface area contributed by atoms with E-state index in [1.807, 2.05) is 12.1 Å². The SMILES string of the molecule is O=C(O)C[C@H]1O[C@H](c2cncc(Cl)c2)[C@@H](c2ccc(Cl)cc2)N(CC2CC2)C1=O. The molecule has 0 bridgehead atoms. The molecular weight excluding hydrogens is 415 g/mol. The molecule has 0 spiro atoms. The molecule has 2 fully saturated rings. The van der Waals surface area contributed by atoms with Gasteiger partial charge in [0.15, 0.2) is 0 Å². The molecule has 1 aromatic heterocycles. The first-order valence-corrected chi connectivity index (χ1v) is 10.2. The molecule has 1 saturated heterocycles. The van der Waals surface area contributed by atoms with Crippen molar-refractivity contribution in [2.45, 2.75) is 37.5 Å². The highest BCUT2D eigenvalue weighted by atomic mass is 35.5. The fourth-order valence-electron chi connectivity index (χ4n) is 3.73. The molecule has 1 aromatic carbocycles. The van der Waals surface area contributed by atoms with Crippen molar-refractivity contribution in [1.29, 1.82) is 0 Å². The van der Waals surface area contributed by atoms with Crippen LogP contribution in [0, 0.1) is 5.92 Å². The van der Waals surface area contributed by atoms with Crippen LogP contribution in [-0.2, 0) is 14.3 Å². The van der Waals surface area contributed by atoms with E-state index in [0.29, 0.717) is 28.1 Å². The van der Waals surface area contributed by atoms with E-state index in [0.717, 1.165) is 18.4 Å². The quantitative estimate of drug-likeness (QED) is 0.733. The van der Waals surface area contributed by atoms with Crippen LogP contribution in [0.15, 0.2) is 42.7 Å². The van der Waals surface area contributed by atoms with Crippen LogP contribution in [0.3, 0.4) is 0 Å². The van der Waals surface area contributed by atoms with Crippen LogP contribution in [0.5, 0.6) is 0 Å². The molecule has 1 aliphatic carbocycles. The number of rotatable bonds is 6. The van der Waals surface area contributed by atoms with Crippen LogP contribution in [0.4, 0.5) is 0 Å². The molecule has 6 nitrogen and oxygen atoms in total. The molecule has 1 saturated carbocycles. The zero-order valence-electron chi connectivity index (χ0n) is 15.5. The number of halogens is 2. The number of carbonyl (C=O) groups is 2. The molecule has 29 heavy (non-hydrogen) atoms. The molecule has 1 aliphatic heterocycles. The lowest BCUT2D eigenvalue weighted by Crippen LogP contribution is -2.52. The summed E-state index contributed by atoms with van der Waals surface area (Å²) in [6.45, 7) is 0.566. The molecule has 0 unspecified atom stereocenters. The maximum Gasteiger partial charge on any atom is 0.306 e. The number of carboxylic acids is 1. The van der Waals surface area contributed by atoms with Crippen molar-refractivity contribution in [3.05, 3.63) is 63.9 Å². The summed E-state index contributed by atoms with van der Waals surface area (Å²) in [5, 5.41) is 10.3. The zero-order valence-corrected chi connectivity index (χ0v) is 17.0. The number of ether oxygens (including phenoxy) is 1. The Morgan fingerprint density at radius 2 is 1.86 bits per heavy atom. The van der Waals surface area contributed by atoms with Crippen LogP contribution in [-0.4, -0.2) is 39.5 Å². The summed E-state index contributed by atoms with van der Waals surface area (Å²) < 4.78 is 6.08. The first-order valence-electron chi connectivity index (χ1n) is 9.46. The number of morpholine rings is 1. The monoisotopic (exact) mass is 434 g/mol. The van der Waals surface area contributed by atoms with E-state index in [-0.39, 0.29) is 5.91 Å². The minimum Gasteiger partial charge on any atom is -0.481 e. The average molecular weight is 435 g/mol. The third kappa shape index (κ3) is 4.55. The van der Waals surface area contributed by atoms with E-state index < -0.39 is 30.6 Å². The van der Waals surface area contributed by atoms with Crippen LogP contribution in [0.25, 0.3) is 0 Å². The molecule has 1 N–H and O–H groups in total. The van der Waals surface area contributed by atoms with Crippen molar-refractivity contribution >= 4 is 35.1 Å². The van der Waals surface area contributed by atoms with Gasteiger partial charge in [-0.15, -0.1) is 0 Å². The lowest BCUT2D eigenvalue weighted by molar-refractivity contribution is -0.179. The summed E-state index contributed by atoms with van der Waals surface area (Å²) >= 11 is 12.2. The predicted molar refractivity (Wildman–Crippen MR) is 108 cm³/mol. The first-order chi connectivity index (χ1) is 13.9. The van der Waals surface area contributed by atoms with Gasteiger partial charge in [-0.1, -0.05) is 35.3 Å². The number of aliphatic carboxylic acids is 1. The highest BCUT2D eigenvalue weighted by Crippen LogP contribution is 2.45.